The van der Waals surface area contributed by atoms with Crippen LogP contribution in [0.4, 0.5) is 11.4 Å². The minimum atomic E-state index is -1.02. The Hall–Kier alpha value is -1.75. The molecule has 0 saturated carbocycles. The zero-order chi connectivity index (χ0) is 13.8. The van der Waals surface area contributed by atoms with Crippen LogP contribution >= 0.6 is 0 Å². The molecule has 1 heterocycles. The van der Waals surface area contributed by atoms with E-state index in [-0.39, 0.29) is 23.9 Å². The summed E-state index contributed by atoms with van der Waals surface area (Å²) in [6.45, 7) is 0.932. The summed E-state index contributed by atoms with van der Waals surface area (Å²) < 4.78 is 0. The first-order valence-electron chi connectivity index (χ1n) is 6.64. The fourth-order valence-electron chi connectivity index (χ4n) is 2.62. The van der Waals surface area contributed by atoms with E-state index in [0.29, 0.717) is 0 Å². The lowest BCUT2D eigenvalue weighted by Crippen LogP contribution is -2.37. The van der Waals surface area contributed by atoms with E-state index in [1.165, 1.54) is 0 Å². The Labute approximate surface area is 112 Å². The van der Waals surface area contributed by atoms with Crippen LogP contribution in [0.15, 0.2) is 18.2 Å². The summed E-state index contributed by atoms with van der Waals surface area (Å²) in [5, 5.41) is 18.6. The van der Waals surface area contributed by atoms with Crippen LogP contribution in [0.3, 0.4) is 0 Å². The van der Waals surface area contributed by atoms with Crippen LogP contribution in [-0.2, 0) is 0 Å². The molecule has 0 radical (unpaired) electrons. The fraction of sp³-hybridized carbons (Fsp3) is 0.500. The lowest BCUT2D eigenvalue weighted by atomic mass is 10.1. The van der Waals surface area contributed by atoms with Crippen molar-refractivity contribution in [3.8, 4) is 0 Å². The van der Waals surface area contributed by atoms with Crippen LogP contribution in [0, 0.1) is 0 Å². The van der Waals surface area contributed by atoms with Crippen molar-refractivity contribution < 1.29 is 15.0 Å². The van der Waals surface area contributed by atoms with Crippen molar-refractivity contribution in [1.29, 1.82) is 0 Å². The second kappa shape index (κ2) is 5.93. The molecule has 5 nitrogen and oxygen atoms in total. The van der Waals surface area contributed by atoms with Gasteiger partial charge in [0.1, 0.15) is 0 Å². The van der Waals surface area contributed by atoms with Gasteiger partial charge in [-0.2, -0.15) is 0 Å². The van der Waals surface area contributed by atoms with Crippen molar-refractivity contribution in [2.75, 3.05) is 23.8 Å². The molecule has 0 amide bonds. The largest absolute Gasteiger partial charge is 0.478 e. The molecule has 0 aromatic heterocycles. The highest BCUT2D eigenvalue weighted by atomic mass is 16.4. The molecule has 1 aliphatic heterocycles. The Kier molecular flexibility index (Phi) is 4.27. The Morgan fingerprint density at radius 3 is 2.84 bits per heavy atom. The van der Waals surface area contributed by atoms with Gasteiger partial charge in [0.2, 0.25) is 0 Å². The Morgan fingerprint density at radius 1 is 1.37 bits per heavy atom. The standard InChI is InChI=1S/C14H20N2O3/c15-13-6-5-10(8-12(13)14(18)19)16-7-3-1-2-4-11(16)9-17/h5-6,8,11,17H,1-4,7,9,15H2,(H,18,19). The number of nitrogen functional groups attached to an aromatic ring is 1. The van der Waals surface area contributed by atoms with Gasteiger partial charge in [-0.25, -0.2) is 4.79 Å². The molecular weight excluding hydrogens is 244 g/mol. The van der Waals surface area contributed by atoms with Crippen molar-refractivity contribution in [2.24, 2.45) is 0 Å². The predicted octanol–water partition coefficient (Wildman–Crippen LogP) is 1.71. The molecule has 1 saturated heterocycles. The number of aliphatic hydroxyl groups is 1. The zero-order valence-electron chi connectivity index (χ0n) is 10.9. The maximum atomic E-state index is 11.1. The third-order valence-corrected chi connectivity index (χ3v) is 3.69. The molecule has 1 aromatic carbocycles. The summed E-state index contributed by atoms with van der Waals surface area (Å²) in [6, 6.07) is 5.12. The molecule has 4 N–H and O–H groups in total. The lowest BCUT2D eigenvalue weighted by molar-refractivity contribution is 0.0698. The SMILES string of the molecule is Nc1ccc(N2CCCCCC2CO)cc1C(=O)O. The minimum absolute atomic E-state index is 0.0627. The van der Waals surface area contributed by atoms with Gasteiger partial charge in [-0.1, -0.05) is 12.8 Å². The van der Waals surface area contributed by atoms with Crippen LogP contribution < -0.4 is 10.6 Å². The molecular formula is C14H20N2O3. The molecule has 0 aliphatic carbocycles. The molecule has 1 aromatic rings. The third kappa shape index (κ3) is 2.98. The molecule has 0 spiro atoms. The monoisotopic (exact) mass is 264 g/mol. The fourth-order valence-corrected chi connectivity index (χ4v) is 2.62. The van der Waals surface area contributed by atoms with E-state index in [0.717, 1.165) is 37.9 Å². The molecule has 1 unspecified atom stereocenters. The average molecular weight is 264 g/mol. The summed E-state index contributed by atoms with van der Waals surface area (Å²) >= 11 is 0. The van der Waals surface area contributed by atoms with Crippen LogP contribution in [0.25, 0.3) is 0 Å². The van der Waals surface area contributed by atoms with E-state index in [4.69, 9.17) is 10.8 Å². The number of nitrogens with two attached hydrogens (primary N) is 1. The number of carboxylic acid groups (broad SMARTS) is 1. The van der Waals surface area contributed by atoms with E-state index in [9.17, 15) is 9.90 Å². The molecule has 5 heteroatoms. The van der Waals surface area contributed by atoms with Gasteiger partial charge in [0.05, 0.1) is 18.2 Å². The second-order valence-corrected chi connectivity index (χ2v) is 4.96. The first-order valence-corrected chi connectivity index (χ1v) is 6.64. The van der Waals surface area contributed by atoms with Gasteiger partial charge in [-0.3, -0.25) is 0 Å². The Morgan fingerprint density at radius 2 is 2.16 bits per heavy atom. The molecule has 19 heavy (non-hydrogen) atoms. The van der Waals surface area contributed by atoms with Gasteiger partial charge in [-0.15, -0.1) is 0 Å². The summed E-state index contributed by atoms with van der Waals surface area (Å²) in [6.07, 6.45) is 4.24. The highest BCUT2D eigenvalue weighted by Gasteiger charge is 2.21. The minimum Gasteiger partial charge on any atom is -0.478 e. The Balaban J connectivity index is 2.33. The van der Waals surface area contributed by atoms with Crippen molar-refractivity contribution in [3.05, 3.63) is 23.8 Å². The van der Waals surface area contributed by atoms with Gasteiger partial charge in [0.15, 0.2) is 0 Å². The van der Waals surface area contributed by atoms with E-state index < -0.39 is 5.97 Å². The van der Waals surface area contributed by atoms with Crippen LogP contribution in [0.1, 0.15) is 36.0 Å². The average Bonchev–Trinajstić information content (AvgIpc) is 2.64. The molecule has 1 aliphatic rings. The van der Waals surface area contributed by atoms with Gasteiger partial charge < -0.3 is 20.8 Å². The summed E-state index contributed by atoms with van der Waals surface area (Å²) in [5.41, 5.74) is 6.89. The van der Waals surface area contributed by atoms with Gasteiger partial charge in [0, 0.05) is 17.9 Å². The zero-order valence-corrected chi connectivity index (χ0v) is 10.9. The van der Waals surface area contributed by atoms with Crippen LogP contribution in [-0.4, -0.2) is 35.4 Å². The highest BCUT2D eigenvalue weighted by Crippen LogP contribution is 2.27. The topological polar surface area (TPSA) is 86.8 Å². The van der Waals surface area contributed by atoms with E-state index in [1.807, 2.05) is 6.07 Å². The lowest BCUT2D eigenvalue weighted by Gasteiger charge is -2.31. The van der Waals surface area contributed by atoms with Crippen LogP contribution in [0.2, 0.25) is 0 Å². The molecule has 104 valence electrons. The number of anilines is 2. The maximum Gasteiger partial charge on any atom is 0.337 e. The number of carbonyl (C=O) groups is 1. The number of nitrogens with zero attached hydrogens (tertiary/aromatic N) is 1. The first-order chi connectivity index (χ1) is 9.13. The van der Waals surface area contributed by atoms with E-state index in [2.05, 4.69) is 4.90 Å². The number of benzene rings is 1. The highest BCUT2D eigenvalue weighted by molar-refractivity contribution is 5.94. The molecule has 1 atom stereocenters. The second-order valence-electron chi connectivity index (χ2n) is 4.96. The molecule has 2 rings (SSSR count). The van der Waals surface area contributed by atoms with Crippen molar-refractivity contribution in [2.45, 2.75) is 31.7 Å². The van der Waals surface area contributed by atoms with Gasteiger partial charge in [0.25, 0.3) is 0 Å². The smallest absolute Gasteiger partial charge is 0.337 e. The normalized spacial score (nSPS) is 20.1. The third-order valence-electron chi connectivity index (χ3n) is 3.69. The summed E-state index contributed by atoms with van der Waals surface area (Å²) in [4.78, 5) is 13.2. The predicted molar refractivity (Wildman–Crippen MR) is 74.5 cm³/mol. The van der Waals surface area contributed by atoms with Crippen molar-refractivity contribution >= 4 is 17.3 Å². The first kappa shape index (κ1) is 13.7. The van der Waals surface area contributed by atoms with Gasteiger partial charge >= 0.3 is 5.97 Å². The van der Waals surface area contributed by atoms with Crippen molar-refractivity contribution in [3.63, 3.8) is 0 Å². The van der Waals surface area contributed by atoms with Crippen molar-refractivity contribution in [1.82, 2.24) is 0 Å². The van der Waals surface area contributed by atoms with E-state index in [1.54, 1.807) is 12.1 Å². The van der Waals surface area contributed by atoms with Crippen LogP contribution in [0.5, 0.6) is 0 Å². The number of aliphatic hydroxyl groups excluding tert-OH is 1. The number of aromatic carboxylic acids is 1. The summed E-state index contributed by atoms with van der Waals surface area (Å²) in [5.74, 6) is -1.02. The number of carboxylic acids is 1. The number of rotatable bonds is 3. The van der Waals surface area contributed by atoms with Gasteiger partial charge in [-0.05, 0) is 31.0 Å². The Bertz CT molecular complexity index is 462. The quantitative estimate of drug-likeness (QED) is 0.723. The number of hydrogen-bond acceptors (Lipinski definition) is 4. The summed E-state index contributed by atoms with van der Waals surface area (Å²) in [7, 11) is 0. The maximum absolute atomic E-state index is 11.1. The molecule has 0 bridgehead atoms. The molecule has 1 fully saturated rings. The van der Waals surface area contributed by atoms with E-state index >= 15 is 0 Å². The number of hydrogen-bond donors (Lipinski definition) is 3.